The summed E-state index contributed by atoms with van der Waals surface area (Å²) in [5.41, 5.74) is -1.29. The Balaban J connectivity index is 1.67. The van der Waals surface area contributed by atoms with Gasteiger partial charge in [-0.15, -0.1) is 0 Å². The van der Waals surface area contributed by atoms with Crippen LogP contribution in [-0.2, 0) is 33.3 Å². The lowest BCUT2D eigenvalue weighted by molar-refractivity contribution is -0.294. The molecule has 2 N–H and O–H groups in total. The predicted octanol–water partition coefficient (Wildman–Crippen LogP) is 3.59. The van der Waals surface area contributed by atoms with Crippen LogP contribution in [0.25, 0.3) is 0 Å². The number of cyclic esters (lactones) is 1. The Morgan fingerprint density at radius 3 is 2.31 bits per heavy atom. The number of carboxylic acid groups (broad SMARTS) is 1. The number of carbonyl (C=O) groups is 4. The van der Waals surface area contributed by atoms with Crippen molar-refractivity contribution in [2.45, 2.75) is 102 Å². The molecule has 1 unspecified atom stereocenters. The van der Waals surface area contributed by atoms with E-state index in [2.05, 4.69) is 12.2 Å². The van der Waals surface area contributed by atoms with Gasteiger partial charge in [0.1, 0.15) is 12.5 Å². The number of piperidine rings is 1. The summed E-state index contributed by atoms with van der Waals surface area (Å²) >= 11 is 0. The topological polar surface area (TPSA) is 153 Å². The van der Waals surface area contributed by atoms with E-state index in [9.17, 15) is 24.3 Å². The second kappa shape index (κ2) is 16.3. The largest absolute Gasteiger partial charge is 0.465 e. The second-order valence-electron chi connectivity index (χ2n) is 14.7. The Labute approximate surface area is 289 Å². The molecule has 0 aliphatic carbocycles. The van der Waals surface area contributed by atoms with E-state index in [1.807, 2.05) is 38.9 Å². The van der Waals surface area contributed by atoms with Crippen LogP contribution in [0.5, 0.6) is 0 Å². The van der Waals surface area contributed by atoms with Crippen molar-refractivity contribution in [3.8, 4) is 0 Å². The molecule has 9 atom stereocenters. The number of carbonyl (C=O) groups excluding carboxylic acids is 3. The second-order valence-corrected chi connectivity index (χ2v) is 14.7. The molecule has 1 spiro atoms. The SMILES string of the molecule is CO[C@]1(C)C[C@@H](C)CNC2(CCN(C(=O)O)CC2)COC(=O)C(C)C(=O)[C@H](C)[C@H]1O[C@@H]1O[C@H](C)C[C@H](N(C)C)[C@H]1OC(=O)c1ccccc1. The van der Waals surface area contributed by atoms with Crippen molar-refractivity contribution in [2.75, 3.05) is 47.4 Å². The highest BCUT2D eigenvalue weighted by atomic mass is 16.7. The molecule has 13 heteroatoms. The first-order valence-electron chi connectivity index (χ1n) is 17.3. The van der Waals surface area contributed by atoms with Crippen molar-refractivity contribution in [3.63, 3.8) is 0 Å². The molecule has 0 aromatic heterocycles. The van der Waals surface area contributed by atoms with Gasteiger partial charge in [0.05, 0.1) is 35.0 Å². The molecule has 3 heterocycles. The molecule has 3 aliphatic heterocycles. The molecule has 4 rings (SSSR count). The van der Waals surface area contributed by atoms with Gasteiger partial charge in [-0.3, -0.25) is 9.59 Å². The first-order chi connectivity index (χ1) is 23.1. The Kier molecular flexibility index (Phi) is 12.9. The summed E-state index contributed by atoms with van der Waals surface area (Å²) in [7, 11) is 5.40. The van der Waals surface area contributed by atoms with Gasteiger partial charge < -0.3 is 43.9 Å². The van der Waals surface area contributed by atoms with Crippen molar-refractivity contribution in [1.29, 1.82) is 0 Å². The molecule has 274 valence electrons. The molecule has 1 aromatic rings. The average molecular weight is 690 g/mol. The number of ketones is 1. The van der Waals surface area contributed by atoms with Crippen LogP contribution in [0.15, 0.2) is 30.3 Å². The lowest BCUT2D eigenvalue weighted by atomic mass is 9.78. The fraction of sp³-hybridized carbons (Fsp3) is 0.722. The van der Waals surface area contributed by atoms with E-state index < -0.39 is 59.5 Å². The van der Waals surface area contributed by atoms with Gasteiger partial charge in [0.2, 0.25) is 0 Å². The molecule has 3 aliphatic rings. The van der Waals surface area contributed by atoms with E-state index in [1.54, 1.807) is 38.3 Å². The molecular weight excluding hydrogens is 634 g/mol. The van der Waals surface area contributed by atoms with Crippen LogP contribution in [0.2, 0.25) is 0 Å². The normalized spacial score (nSPS) is 34.8. The number of hydrogen-bond acceptors (Lipinski definition) is 11. The van der Waals surface area contributed by atoms with Crippen molar-refractivity contribution in [1.82, 2.24) is 15.1 Å². The minimum Gasteiger partial charge on any atom is -0.465 e. The smallest absolute Gasteiger partial charge is 0.407 e. The van der Waals surface area contributed by atoms with Crippen LogP contribution in [0, 0.1) is 17.8 Å². The summed E-state index contributed by atoms with van der Waals surface area (Å²) in [6.07, 6.45) is -2.07. The number of benzene rings is 1. The quantitative estimate of drug-likeness (QED) is 0.332. The predicted molar refractivity (Wildman–Crippen MR) is 180 cm³/mol. The molecule has 3 fully saturated rings. The molecule has 0 radical (unpaired) electrons. The Morgan fingerprint density at radius 2 is 1.71 bits per heavy atom. The van der Waals surface area contributed by atoms with E-state index in [-0.39, 0.29) is 30.5 Å². The Bertz CT molecular complexity index is 1300. The molecule has 0 bridgehead atoms. The van der Waals surface area contributed by atoms with Crippen molar-refractivity contribution >= 4 is 23.8 Å². The Morgan fingerprint density at radius 1 is 1.06 bits per heavy atom. The van der Waals surface area contributed by atoms with Crippen molar-refractivity contribution < 1.29 is 48.0 Å². The van der Waals surface area contributed by atoms with Gasteiger partial charge in [-0.2, -0.15) is 0 Å². The highest BCUT2D eigenvalue weighted by Crippen LogP contribution is 2.37. The molecule has 3 saturated heterocycles. The number of amides is 1. The molecule has 0 saturated carbocycles. The van der Waals surface area contributed by atoms with Gasteiger partial charge in [0, 0.05) is 26.1 Å². The maximum Gasteiger partial charge on any atom is 0.407 e. The van der Waals surface area contributed by atoms with Gasteiger partial charge in [-0.25, -0.2) is 9.59 Å². The lowest BCUT2D eigenvalue weighted by Crippen LogP contribution is -2.60. The van der Waals surface area contributed by atoms with E-state index in [1.165, 1.54) is 11.8 Å². The molecule has 13 nitrogen and oxygen atoms in total. The molecule has 1 aromatic carbocycles. The van der Waals surface area contributed by atoms with Crippen LogP contribution >= 0.6 is 0 Å². The maximum absolute atomic E-state index is 14.1. The fourth-order valence-electron chi connectivity index (χ4n) is 7.43. The van der Waals surface area contributed by atoms with Gasteiger partial charge in [-0.05, 0) is 85.1 Å². The number of likely N-dealkylation sites (tertiary alicyclic amines) is 1. The number of ether oxygens (including phenoxy) is 5. The standard InChI is InChI=1S/C36H55N3O10/c1-22-19-35(5,45-8)30(49-33-29(27(38(6)7)18-23(2)47-33)48-32(42)26-12-10-9-11-13-26)24(3)28(40)25(4)31(41)46-21-36(37-20-22)14-16-39(17-15-36)34(43)44/h9-13,22-25,27,29-30,33,37H,14-21H2,1-8H3,(H,43,44)/t22-,23-,24+,25?,27+,29-,30-,33+,35-/m1/s1. The number of likely N-dealkylation sites (N-methyl/N-ethyl adjacent to an activating group) is 1. The third-order valence-corrected chi connectivity index (χ3v) is 10.6. The molecular formula is C36H55N3O10. The summed E-state index contributed by atoms with van der Waals surface area (Å²) in [4.78, 5) is 55.8. The first-order valence-corrected chi connectivity index (χ1v) is 17.3. The summed E-state index contributed by atoms with van der Waals surface area (Å²) in [6.45, 7) is 10.3. The van der Waals surface area contributed by atoms with Gasteiger partial charge in [0.25, 0.3) is 0 Å². The number of rotatable bonds is 6. The summed E-state index contributed by atoms with van der Waals surface area (Å²) in [5, 5.41) is 13.1. The van der Waals surface area contributed by atoms with Crippen LogP contribution in [0.1, 0.15) is 70.7 Å². The fourth-order valence-corrected chi connectivity index (χ4v) is 7.43. The lowest BCUT2D eigenvalue weighted by Gasteiger charge is -2.47. The summed E-state index contributed by atoms with van der Waals surface area (Å²) in [6, 6.07) is 8.46. The van der Waals surface area contributed by atoms with Crippen LogP contribution in [0.3, 0.4) is 0 Å². The van der Waals surface area contributed by atoms with Crippen LogP contribution in [-0.4, -0.2) is 128 Å². The average Bonchev–Trinajstić information content (AvgIpc) is 3.08. The number of nitrogens with zero attached hydrogens (tertiary/aromatic N) is 2. The van der Waals surface area contributed by atoms with Gasteiger partial charge >= 0.3 is 18.0 Å². The maximum atomic E-state index is 14.1. The van der Waals surface area contributed by atoms with Crippen molar-refractivity contribution in [2.24, 2.45) is 17.8 Å². The summed E-state index contributed by atoms with van der Waals surface area (Å²) < 4.78 is 31.3. The highest BCUT2D eigenvalue weighted by Gasteiger charge is 2.50. The number of hydrogen-bond donors (Lipinski definition) is 2. The number of Topliss-reactive ketones (excluding diaryl/α,β-unsaturated/α-hetero) is 1. The zero-order chi connectivity index (χ0) is 36.1. The van der Waals surface area contributed by atoms with Crippen LogP contribution < -0.4 is 5.32 Å². The van der Waals surface area contributed by atoms with E-state index in [4.69, 9.17) is 23.7 Å². The van der Waals surface area contributed by atoms with E-state index >= 15 is 0 Å². The van der Waals surface area contributed by atoms with Gasteiger partial charge in [0.15, 0.2) is 18.2 Å². The number of esters is 2. The first kappa shape index (κ1) is 38.7. The minimum absolute atomic E-state index is 0.00552. The zero-order valence-electron chi connectivity index (χ0n) is 30.2. The summed E-state index contributed by atoms with van der Waals surface area (Å²) in [5.74, 6) is -3.51. The molecule has 1 amide bonds. The number of methoxy groups -OCH3 is 1. The van der Waals surface area contributed by atoms with Gasteiger partial charge in [-0.1, -0.05) is 32.0 Å². The minimum atomic E-state index is -1.11. The highest BCUT2D eigenvalue weighted by molar-refractivity contribution is 6.00. The van der Waals surface area contributed by atoms with E-state index in [0.717, 1.165) is 0 Å². The molecule has 49 heavy (non-hydrogen) atoms. The van der Waals surface area contributed by atoms with E-state index in [0.29, 0.717) is 50.9 Å². The zero-order valence-corrected chi connectivity index (χ0v) is 30.2. The van der Waals surface area contributed by atoms with Crippen molar-refractivity contribution in [3.05, 3.63) is 35.9 Å². The number of nitrogens with one attached hydrogen (secondary N) is 1. The Hall–Kier alpha value is -3.10. The third kappa shape index (κ3) is 9.18. The van der Waals surface area contributed by atoms with Crippen LogP contribution in [0.4, 0.5) is 4.79 Å². The monoisotopic (exact) mass is 689 g/mol. The third-order valence-electron chi connectivity index (χ3n) is 10.6.